The van der Waals surface area contributed by atoms with Gasteiger partial charge in [-0.15, -0.1) is 0 Å². The molecule has 0 saturated heterocycles. The number of aliphatic hydroxyl groups excluding tert-OH is 1. The third kappa shape index (κ3) is 87.7. The molecule has 0 spiro atoms. The Labute approximate surface area is 696 Å². The van der Waals surface area contributed by atoms with Crippen LogP contribution in [-0.4, -0.2) is 96.7 Å². The SMILES string of the molecule is CCCCCCCCCCCCCCCCCCCCCCCCC(=O)OC[C@H](COP(=O)(O)OC[C@@H](O)COP(=O)(O)OC[C@@H](COC(=O)CCCCCCCCCC)OC(=O)CCCCCCCCCCCCCCCCCCCCC(C)C)OC(=O)CCCCCCCCCCCCCCCCCCCCCCCC. The van der Waals surface area contributed by atoms with Crippen molar-refractivity contribution in [1.29, 1.82) is 0 Å². The number of phosphoric acid groups is 2. The normalized spacial score (nSPS) is 13.6. The van der Waals surface area contributed by atoms with E-state index in [4.69, 9.17) is 37.0 Å². The molecule has 0 saturated carbocycles. The van der Waals surface area contributed by atoms with E-state index in [1.165, 1.54) is 340 Å². The molecule has 0 aromatic carbocycles. The largest absolute Gasteiger partial charge is 0.472 e. The molecule has 19 heteroatoms. The van der Waals surface area contributed by atoms with E-state index in [0.717, 1.165) is 95.8 Å². The molecular formula is C94H184O17P2. The van der Waals surface area contributed by atoms with Crippen molar-refractivity contribution >= 4 is 39.5 Å². The number of phosphoric ester groups is 2. The van der Waals surface area contributed by atoms with Crippen molar-refractivity contribution in [2.24, 2.45) is 5.92 Å². The molecule has 0 rings (SSSR count). The van der Waals surface area contributed by atoms with Crippen LogP contribution in [0.3, 0.4) is 0 Å². The van der Waals surface area contributed by atoms with Gasteiger partial charge in [-0.25, -0.2) is 9.13 Å². The maximum atomic E-state index is 13.2. The lowest BCUT2D eigenvalue weighted by Crippen LogP contribution is -2.30. The maximum absolute atomic E-state index is 13.2. The van der Waals surface area contributed by atoms with Gasteiger partial charge in [0.25, 0.3) is 0 Å². The highest BCUT2D eigenvalue weighted by Gasteiger charge is 2.31. The number of aliphatic hydroxyl groups is 1. The fourth-order valence-electron chi connectivity index (χ4n) is 14.9. The zero-order chi connectivity index (χ0) is 82.6. The maximum Gasteiger partial charge on any atom is 0.472 e. The number of ether oxygens (including phenoxy) is 4. The van der Waals surface area contributed by atoms with Crippen LogP contribution >= 0.6 is 15.6 Å². The second kappa shape index (κ2) is 86.4. The Morgan fingerprint density at radius 2 is 0.407 bits per heavy atom. The fourth-order valence-corrected chi connectivity index (χ4v) is 16.5. The molecule has 0 aliphatic carbocycles. The van der Waals surface area contributed by atoms with Gasteiger partial charge < -0.3 is 33.8 Å². The molecule has 0 bridgehead atoms. The summed E-state index contributed by atoms with van der Waals surface area (Å²) in [6, 6.07) is 0. The van der Waals surface area contributed by atoms with E-state index in [-0.39, 0.29) is 25.7 Å². The van der Waals surface area contributed by atoms with Crippen molar-refractivity contribution < 1.29 is 80.2 Å². The Morgan fingerprint density at radius 1 is 0.239 bits per heavy atom. The topological polar surface area (TPSA) is 237 Å². The van der Waals surface area contributed by atoms with Gasteiger partial charge in [-0.3, -0.25) is 37.3 Å². The molecular weight excluding hydrogens is 1460 g/mol. The van der Waals surface area contributed by atoms with Crippen molar-refractivity contribution in [1.82, 2.24) is 0 Å². The highest BCUT2D eigenvalue weighted by atomic mass is 31.2. The lowest BCUT2D eigenvalue weighted by Gasteiger charge is -2.21. The molecule has 3 N–H and O–H groups in total. The lowest BCUT2D eigenvalue weighted by molar-refractivity contribution is -0.161. The molecule has 5 atom stereocenters. The van der Waals surface area contributed by atoms with E-state index in [1.807, 2.05) is 0 Å². The molecule has 113 heavy (non-hydrogen) atoms. The molecule has 0 heterocycles. The van der Waals surface area contributed by atoms with E-state index in [1.54, 1.807) is 0 Å². The van der Waals surface area contributed by atoms with Crippen LogP contribution < -0.4 is 0 Å². The van der Waals surface area contributed by atoms with Crippen LogP contribution in [0, 0.1) is 5.92 Å². The van der Waals surface area contributed by atoms with Crippen LogP contribution in [0.4, 0.5) is 0 Å². The van der Waals surface area contributed by atoms with Crippen molar-refractivity contribution in [3.05, 3.63) is 0 Å². The number of hydrogen-bond acceptors (Lipinski definition) is 15. The van der Waals surface area contributed by atoms with E-state index in [2.05, 4.69) is 34.6 Å². The van der Waals surface area contributed by atoms with Gasteiger partial charge in [-0.2, -0.15) is 0 Å². The predicted molar refractivity (Wildman–Crippen MR) is 469 cm³/mol. The van der Waals surface area contributed by atoms with Gasteiger partial charge >= 0.3 is 39.5 Å². The predicted octanol–water partition coefficient (Wildman–Crippen LogP) is 29.5. The molecule has 0 amide bonds. The second-order valence-corrected chi connectivity index (χ2v) is 37.1. The summed E-state index contributed by atoms with van der Waals surface area (Å²) in [6.07, 6.45) is 83.8. The van der Waals surface area contributed by atoms with Crippen molar-refractivity contribution in [2.45, 2.75) is 534 Å². The smallest absolute Gasteiger partial charge is 0.462 e. The van der Waals surface area contributed by atoms with E-state index in [9.17, 15) is 43.2 Å². The van der Waals surface area contributed by atoms with Crippen LogP contribution in [0.5, 0.6) is 0 Å². The summed E-state index contributed by atoms with van der Waals surface area (Å²) >= 11 is 0. The first-order valence-corrected chi connectivity index (χ1v) is 51.6. The number of esters is 4. The van der Waals surface area contributed by atoms with Crippen molar-refractivity contribution in [2.75, 3.05) is 39.6 Å². The van der Waals surface area contributed by atoms with Crippen molar-refractivity contribution in [3.63, 3.8) is 0 Å². The Morgan fingerprint density at radius 3 is 0.602 bits per heavy atom. The summed E-state index contributed by atoms with van der Waals surface area (Å²) in [5.41, 5.74) is 0. The number of carbonyl (C=O) groups is 4. The summed E-state index contributed by atoms with van der Waals surface area (Å²) < 4.78 is 69.0. The Hall–Kier alpha value is -1.94. The first kappa shape index (κ1) is 111. The van der Waals surface area contributed by atoms with E-state index >= 15 is 0 Å². The van der Waals surface area contributed by atoms with Gasteiger partial charge in [0.1, 0.15) is 19.3 Å². The molecule has 672 valence electrons. The molecule has 17 nitrogen and oxygen atoms in total. The fraction of sp³-hybridized carbons (Fsp3) is 0.957. The zero-order valence-corrected chi connectivity index (χ0v) is 76.3. The quantitative estimate of drug-likeness (QED) is 0.0222. The highest BCUT2D eigenvalue weighted by Crippen LogP contribution is 2.45. The van der Waals surface area contributed by atoms with Crippen LogP contribution in [0.15, 0.2) is 0 Å². The van der Waals surface area contributed by atoms with Gasteiger partial charge in [-0.1, -0.05) is 465 Å². The Bertz CT molecular complexity index is 2140. The van der Waals surface area contributed by atoms with Gasteiger partial charge in [0.15, 0.2) is 12.2 Å². The van der Waals surface area contributed by atoms with Gasteiger partial charge in [-0.05, 0) is 31.6 Å². The van der Waals surface area contributed by atoms with E-state index < -0.39 is 97.5 Å². The zero-order valence-electron chi connectivity index (χ0n) is 74.5. The standard InChI is InChI=1S/C94H184O17P2/c1-6-9-12-15-18-21-23-25-27-29-31-33-35-37-42-46-50-54-58-63-68-73-78-92(97)105-84-90(111-94(99)80-75-69-64-59-55-51-47-43-38-36-34-32-30-28-26-24-22-19-16-13-10-7-2)86-109-113(102,103)107-82-88(95)81-106-112(100,101)108-85-89(83-104-91(96)77-72-67-62-20-17-14-11-8-3)110-93(98)79-74-70-65-60-56-52-48-44-40-39-41-45-49-53-57-61-66-71-76-87(4)5/h87-90,95H,6-86H2,1-5H3,(H,100,101)(H,102,103)/t88-,89+,90+/m0/s1. The molecule has 2 unspecified atom stereocenters. The van der Waals surface area contributed by atoms with Gasteiger partial charge in [0.2, 0.25) is 0 Å². The van der Waals surface area contributed by atoms with Gasteiger partial charge in [0.05, 0.1) is 26.4 Å². The van der Waals surface area contributed by atoms with Crippen LogP contribution in [0.2, 0.25) is 0 Å². The summed E-state index contributed by atoms with van der Waals surface area (Å²) in [6.45, 7) is 7.41. The number of rotatable bonds is 94. The minimum absolute atomic E-state index is 0.109. The minimum Gasteiger partial charge on any atom is -0.462 e. The van der Waals surface area contributed by atoms with Crippen molar-refractivity contribution in [3.8, 4) is 0 Å². The third-order valence-corrected chi connectivity index (χ3v) is 24.2. The Kier molecular flexibility index (Phi) is 85.0. The molecule has 0 radical (unpaired) electrons. The van der Waals surface area contributed by atoms with Crippen LogP contribution in [-0.2, 0) is 65.4 Å². The summed E-state index contributed by atoms with van der Waals surface area (Å²) in [7, 11) is -9.93. The molecule has 0 fully saturated rings. The monoisotopic (exact) mass is 1650 g/mol. The minimum atomic E-state index is -4.97. The summed E-state index contributed by atoms with van der Waals surface area (Å²) in [5, 5.41) is 10.7. The molecule has 0 aliphatic rings. The van der Waals surface area contributed by atoms with Crippen LogP contribution in [0.1, 0.15) is 516 Å². The lowest BCUT2D eigenvalue weighted by atomic mass is 10.0. The molecule has 0 aromatic rings. The van der Waals surface area contributed by atoms with Gasteiger partial charge in [0, 0.05) is 25.7 Å². The number of unbranched alkanes of at least 4 members (excludes halogenated alkanes) is 66. The first-order chi connectivity index (χ1) is 55.0. The number of carbonyl (C=O) groups excluding carboxylic acids is 4. The summed E-state index contributed by atoms with van der Waals surface area (Å²) in [5.74, 6) is -1.27. The van der Waals surface area contributed by atoms with E-state index in [0.29, 0.717) is 25.7 Å². The Balaban J connectivity index is 5.15. The second-order valence-electron chi connectivity index (χ2n) is 34.2. The molecule has 0 aromatic heterocycles. The summed E-state index contributed by atoms with van der Waals surface area (Å²) in [4.78, 5) is 73.4. The molecule has 0 aliphatic heterocycles. The van der Waals surface area contributed by atoms with Crippen LogP contribution in [0.25, 0.3) is 0 Å². The average Bonchev–Trinajstić information content (AvgIpc) is 0.897. The highest BCUT2D eigenvalue weighted by molar-refractivity contribution is 7.47. The first-order valence-electron chi connectivity index (χ1n) is 48.6. The average molecular weight is 1650 g/mol. The third-order valence-electron chi connectivity index (χ3n) is 22.3. The number of hydrogen-bond donors (Lipinski definition) is 3.